The van der Waals surface area contributed by atoms with E-state index in [1.165, 1.54) is 12.4 Å². The van der Waals surface area contributed by atoms with Gasteiger partial charge in [0.1, 0.15) is 17.8 Å². The molecule has 1 saturated heterocycles. The lowest BCUT2D eigenvalue weighted by atomic mass is 9.79. The summed E-state index contributed by atoms with van der Waals surface area (Å²) in [6, 6.07) is 6.64. The highest BCUT2D eigenvalue weighted by molar-refractivity contribution is 5.77. The number of para-hydroxylation sites is 1. The summed E-state index contributed by atoms with van der Waals surface area (Å²) in [6.07, 6.45) is 3.31. The Morgan fingerprint density at radius 1 is 1.08 bits per heavy atom. The van der Waals surface area contributed by atoms with Crippen molar-refractivity contribution in [3.63, 3.8) is 0 Å². The predicted molar refractivity (Wildman–Crippen MR) is 104 cm³/mol. The van der Waals surface area contributed by atoms with Crippen molar-refractivity contribution in [1.29, 1.82) is 0 Å². The van der Waals surface area contributed by atoms with Crippen molar-refractivity contribution in [2.45, 2.75) is 57.7 Å². The van der Waals surface area contributed by atoms with Gasteiger partial charge in [-0.3, -0.25) is 0 Å². The number of nitrogens with zero attached hydrogens (tertiary/aromatic N) is 2. The normalized spacial score (nSPS) is 19.1. The summed E-state index contributed by atoms with van der Waals surface area (Å²) in [4.78, 5) is 8.45. The molecule has 0 bridgehead atoms. The van der Waals surface area contributed by atoms with Gasteiger partial charge in [0.15, 0.2) is 11.6 Å². The van der Waals surface area contributed by atoms with Crippen molar-refractivity contribution in [2.75, 3.05) is 16.4 Å². The number of hydrogen-bond acceptors (Lipinski definition) is 6. The number of hydrogen-bond donors (Lipinski definition) is 4. The molecule has 3 rings (SSSR count). The fourth-order valence-corrected chi connectivity index (χ4v) is 3.92. The molecule has 6 nitrogen and oxygen atoms in total. The summed E-state index contributed by atoms with van der Waals surface area (Å²) in [5.74, 6) is 0.597. The van der Waals surface area contributed by atoms with Crippen LogP contribution in [0.4, 0.5) is 27.4 Å². The predicted octanol–water partition coefficient (Wildman–Crippen LogP) is 3.66. The molecule has 1 fully saturated rings. The minimum Gasteiger partial charge on any atom is -0.393 e. The Kier molecular flexibility index (Phi) is 4.75. The second-order valence-electron chi connectivity index (χ2n) is 8.23. The minimum absolute atomic E-state index is 0.00938. The molecule has 0 amide bonds. The van der Waals surface area contributed by atoms with Crippen LogP contribution in [0.15, 0.2) is 30.6 Å². The van der Waals surface area contributed by atoms with E-state index in [0.717, 1.165) is 12.8 Å². The lowest BCUT2D eigenvalue weighted by molar-refractivity contribution is 0.170. The molecule has 0 saturated carbocycles. The number of anilines is 4. The molecule has 140 valence electrons. The third-order valence-electron chi connectivity index (χ3n) is 4.54. The Hall–Kier alpha value is -2.41. The Labute approximate surface area is 153 Å². The first-order valence-electron chi connectivity index (χ1n) is 8.83. The average molecular weight is 358 g/mol. The van der Waals surface area contributed by atoms with Crippen LogP contribution in [0.2, 0.25) is 0 Å². The van der Waals surface area contributed by atoms with Gasteiger partial charge in [-0.1, -0.05) is 12.1 Å². The molecule has 1 aromatic carbocycles. The van der Waals surface area contributed by atoms with Crippen LogP contribution in [-0.4, -0.2) is 27.1 Å². The summed E-state index contributed by atoms with van der Waals surface area (Å²) >= 11 is 0. The molecule has 1 aromatic heterocycles. The van der Waals surface area contributed by atoms with Crippen LogP contribution in [0.1, 0.15) is 40.5 Å². The van der Waals surface area contributed by atoms with E-state index in [4.69, 9.17) is 5.73 Å². The molecule has 0 spiro atoms. The maximum atomic E-state index is 13.9. The van der Waals surface area contributed by atoms with Crippen LogP contribution in [-0.2, 0) is 0 Å². The minimum atomic E-state index is -0.359. The molecule has 0 atom stereocenters. The van der Waals surface area contributed by atoms with E-state index in [1.807, 2.05) is 0 Å². The van der Waals surface area contributed by atoms with Crippen LogP contribution in [0.25, 0.3) is 0 Å². The van der Waals surface area contributed by atoms with Gasteiger partial charge in [-0.25, -0.2) is 14.4 Å². The van der Waals surface area contributed by atoms with Crippen LogP contribution >= 0.6 is 0 Å². The van der Waals surface area contributed by atoms with E-state index >= 15 is 0 Å². The molecule has 0 aliphatic carbocycles. The molecule has 2 aromatic rings. The first kappa shape index (κ1) is 18.4. The second-order valence-corrected chi connectivity index (χ2v) is 8.23. The zero-order valence-electron chi connectivity index (χ0n) is 15.7. The molecular formula is C19H27FN6. The molecule has 1 aliphatic rings. The van der Waals surface area contributed by atoms with Crippen molar-refractivity contribution >= 4 is 23.0 Å². The Morgan fingerprint density at radius 2 is 1.69 bits per heavy atom. The number of benzene rings is 1. The molecule has 7 heteroatoms. The highest BCUT2D eigenvalue weighted by atomic mass is 19.1. The van der Waals surface area contributed by atoms with Crippen molar-refractivity contribution in [3.05, 3.63) is 36.4 Å². The molecule has 5 N–H and O–H groups in total. The molecule has 26 heavy (non-hydrogen) atoms. The zero-order valence-corrected chi connectivity index (χ0v) is 15.7. The van der Waals surface area contributed by atoms with E-state index in [-0.39, 0.29) is 22.9 Å². The third-order valence-corrected chi connectivity index (χ3v) is 4.54. The number of nitrogens with two attached hydrogens (primary N) is 1. The number of rotatable bonds is 4. The number of piperidine rings is 1. The number of aromatic nitrogens is 2. The van der Waals surface area contributed by atoms with Crippen molar-refractivity contribution in [2.24, 2.45) is 0 Å². The molecule has 1 aliphatic heterocycles. The Bertz CT molecular complexity index is 773. The van der Waals surface area contributed by atoms with E-state index in [2.05, 4.69) is 53.6 Å². The summed E-state index contributed by atoms with van der Waals surface area (Å²) in [7, 11) is 0. The highest BCUT2D eigenvalue weighted by Gasteiger charge is 2.37. The number of halogens is 1. The quantitative estimate of drug-likeness (QED) is 0.667. The van der Waals surface area contributed by atoms with E-state index in [9.17, 15) is 4.39 Å². The molecule has 0 radical (unpaired) electrons. The van der Waals surface area contributed by atoms with Crippen LogP contribution < -0.4 is 21.7 Å². The summed E-state index contributed by atoms with van der Waals surface area (Å²) in [6.45, 7) is 8.77. The monoisotopic (exact) mass is 358 g/mol. The van der Waals surface area contributed by atoms with Crippen molar-refractivity contribution in [1.82, 2.24) is 15.3 Å². The third kappa shape index (κ3) is 4.22. The van der Waals surface area contributed by atoms with Gasteiger partial charge in [-0.05, 0) is 52.7 Å². The van der Waals surface area contributed by atoms with Gasteiger partial charge in [0.25, 0.3) is 0 Å². The van der Waals surface area contributed by atoms with Gasteiger partial charge in [-0.2, -0.15) is 0 Å². The lowest BCUT2D eigenvalue weighted by Gasteiger charge is -2.46. The van der Waals surface area contributed by atoms with Gasteiger partial charge in [0.2, 0.25) is 0 Å². The number of nitrogens with one attached hydrogen (secondary N) is 3. The average Bonchev–Trinajstić information content (AvgIpc) is 2.50. The van der Waals surface area contributed by atoms with E-state index in [1.54, 1.807) is 18.2 Å². The zero-order chi connectivity index (χ0) is 18.9. The van der Waals surface area contributed by atoms with Gasteiger partial charge in [0, 0.05) is 17.1 Å². The summed E-state index contributed by atoms with van der Waals surface area (Å²) in [5.41, 5.74) is 6.97. The van der Waals surface area contributed by atoms with Gasteiger partial charge >= 0.3 is 0 Å². The maximum Gasteiger partial charge on any atom is 0.159 e. The van der Waals surface area contributed by atoms with Crippen LogP contribution in [0.5, 0.6) is 0 Å². The first-order chi connectivity index (χ1) is 12.2. The molecule has 2 heterocycles. The van der Waals surface area contributed by atoms with Crippen LogP contribution in [0.3, 0.4) is 0 Å². The smallest absolute Gasteiger partial charge is 0.159 e. The van der Waals surface area contributed by atoms with E-state index in [0.29, 0.717) is 23.0 Å². The SMILES string of the molecule is CC1(C)CC(Nc2ncnc(Nc3ccccc3F)c2N)CC(C)(C)N1. The van der Waals surface area contributed by atoms with Crippen molar-refractivity contribution < 1.29 is 4.39 Å². The fraction of sp³-hybridized carbons (Fsp3) is 0.474. The second kappa shape index (κ2) is 6.72. The van der Waals surface area contributed by atoms with Gasteiger partial charge < -0.3 is 21.7 Å². The van der Waals surface area contributed by atoms with Gasteiger partial charge in [-0.15, -0.1) is 0 Å². The summed E-state index contributed by atoms with van der Waals surface area (Å²) in [5, 5.41) is 10.1. The van der Waals surface area contributed by atoms with E-state index < -0.39 is 0 Å². The Morgan fingerprint density at radius 3 is 2.35 bits per heavy atom. The molecule has 0 unspecified atom stereocenters. The highest BCUT2D eigenvalue weighted by Crippen LogP contribution is 2.33. The Balaban J connectivity index is 1.80. The largest absolute Gasteiger partial charge is 0.393 e. The van der Waals surface area contributed by atoms with Crippen molar-refractivity contribution in [3.8, 4) is 0 Å². The topological polar surface area (TPSA) is 87.9 Å². The first-order valence-corrected chi connectivity index (χ1v) is 8.83. The van der Waals surface area contributed by atoms with Crippen LogP contribution in [0, 0.1) is 5.82 Å². The standard InChI is InChI=1S/C19H27FN6/c1-18(2)9-12(10-19(3,4)26-18)24-16-15(21)17(23-11-22-16)25-14-8-6-5-7-13(14)20/h5-8,11-12,26H,9-10,21H2,1-4H3,(H2,22,23,24,25). The maximum absolute atomic E-state index is 13.9. The number of nitrogen functional groups attached to an aromatic ring is 1. The summed E-state index contributed by atoms with van der Waals surface area (Å²) < 4.78 is 13.9. The fourth-order valence-electron chi connectivity index (χ4n) is 3.92. The lowest BCUT2D eigenvalue weighted by Crippen LogP contribution is -2.60. The molecular weight excluding hydrogens is 331 g/mol. The van der Waals surface area contributed by atoms with Gasteiger partial charge in [0.05, 0.1) is 5.69 Å².